The second kappa shape index (κ2) is 7.22. The van der Waals surface area contributed by atoms with Crippen molar-refractivity contribution < 1.29 is 14.3 Å². The van der Waals surface area contributed by atoms with Crippen LogP contribution < -0.4 is 5.43 Å². The van der Waals surface area contributed by atoms with Gasteiger partial charge in [0, 0.05) is 5.70 Å². The van der Waals surface area contributed by atoms with Gasteiger partial charge < -0.3 is 9.53 Å². The van der Waals surface area contributed by atoms with Crippen molar-refractivity contribution in [2.24, 2.45) is 5.92 Å². The van der Waals surface area contributed by atoms with Crippen molar-refractivity contribution >= 4 is 12.4 Å². The molecule has 0 spiro atoms. The Morgan fingerprint density at radius 2 is 2.05 bits per heavy atom. The molecule has 1 aromatic carbocycles. The molecule has 0 radical (unpaired) electrons. The Kier molecular flexibility index (Phi) is 5.33. The maximum Gasteiger partial charge on any atom is 0.428 e. The number of nitrogens with one attached hydrogen (secondary N) is 1. The van der Waals surface area contributed by atoms with E-state index in [1.165, 1.54) is 5.01 Å². The van der Waals surface area contributed by atoms with Gasteiger partial charge in [-0.25, -0.2) is 15.2 Å². The van der Waals surface area contributed by atoms with Crippen LogP contribution in [0, 0.1) is 5.92 Å². The Bertz CT molecular complexity index is 567. The lowest BCUT2D eigenvalue weighted by Gasteiger charge is -2.22. The molecule has 0 fully saturated rings. The standard InChI is InChI=1S/C17H22N2O3/c1-4-22-17(21)19-16(12(2)3)14(15(11-20)18-19)10-13-8-6-5-7-9-13/h5-9,11-12,15,18H,4,10H2,1-3H3. The van der Waals surface area contributed by atoms with Gasteiger partial charge in [0.25, 0.3) is 0 Å². The molecular formula is C17H22N2O3. The predicted octanol–water partition coefficient (Wildman–Crippen LogP) is 2.68. The molecule has 2 rings (SSSR count). The van der Waals surface area contributed by atoms with Crippen molar-refractivity contribution in [2.45, 2.75) is 33.2 Å². The summed E-state index contributed by atoms with van der Waals surface area (Å²) in [5.74, 6) is 0.0977. The zero-order chi connectivity index (χ0) is 16.1. The molecule has 1 N–H and O–H groups in total. The second-order valence-electron chi connectivity index (χ2n) is 5.50. The summed E-state index contributed by atoms with van der Waals surface area (Å²) in [7, 11) is 0. The van der Waals surface area contributed by atoms with Gasteiger partial charge >= 0.3 is 6.09 Å². The molecule has 5 nitrogen and oxygen atoms in total. The van der Waals surface area contributed by atoms with Crippen LogP contribution in [-0.4, -0.2) is 30.0 Å². The van der Waals surface area contributed by atoms with Crippen molar-refractivity contribution in [1.82, 2.24) is 10.4 Å². The summed E-state index contributed by atoms with van der Waals surface area (Å²) in [4.78, 5) is 23.5. The van der Waals surface area contributed by atoms with E-state index in [9.17, 15) is 9.59 Å². The van der Waals surface area contributed by atoms with Crippen LogP contribution >= 0.6 is 0 Å². The van der Waals surface area contributed by atoms with Crippen molar-refractivity contribution in [1.29, 1.82) is 0 Å². The number of benzene rings is 1. The molecular weight excluding hydrogens is 280 g/mol. The maximum absolute atomic E-state index is 12.1. The Morgan fingerprint density at radius 3 is 2.59 bits per heavy atom. The Labute approximate surface area is 130 Å². The van der Waals surface area contributed by atoms with Gasteiger partial charge in [-0.3, -0.25) is 0 Å². The fraction of sp³-hybridized carbons (Fsp3) is 0.412. The molecule has 0 aliphatic carbocycles. The number of carbonyl (C=O) groups is 2. The molecule has 0 aromatic heterocycles. The molecule has 1 aromatic rings. The van der Waals surface area contributed by atoms with Gasteiger partial charge in [-0.2, -0.15) is 0 Å². The third kappa shape index (κ3) is 3.36. The number of rotatable bonds is 5. The summed E-state index contributed by atoms with van der Waals surface area (Å²) < 4.78 is 5.07. The van der Waals surface area contributed by atoms with E-state index >= 15 is 0 Å². The van der Waals surface area contributed by atoms with E-state index in [0.717, 1.165) is 23.1 Å². The average Bonchev–Trinajstić information content (AvgIpc) is 2.87. The van der Waals surface area contributed by atoms with E-state index in [0.29, 0.717) is 13.0 Å². The van der Waals surface area contributed by atoms with Gasteiger partial charge in [-0.1, -0.05) is 44.2 Å². The number of nitrogens with zero attached hydrogens (tertiary/aromatic N) is 1. The molecule has 118 valence electrons. The highest BCUT2D eigenvalue weighted by atomic mass is 16.6. The Morgan fingerprint density at radius 1 is 1.36 bits per heavy atom. The lowest BCUT2D eigenvalue weighted by atomic mass is 9.95. The monoisotopic (exact) mass is 302 g/mol. The molecule has 1 heterocycles. The van der Waals surface area contributed by atoms with Gasteiger partial charge in [0.05, 0.1) is 6.61 Å². The van der Waals surface area contributed by atoms with Crippen LogP contribution in [-0.2, 0) is 16.0 Å². The molecule has 1 atom stereocenters. The summed E-state index contributed by atoms with van der Waals surface area (Å²) in [6.07, 6.45) is 0.988. The minimum atomic E-state index is -0.498. The minimum Gasteiger partial charge on any atom is -0.449 e. The molecule has 1 amide bonds. The Hall–Kier alpha value is -2.14. The minimum absolute atomic E-state index is 0.0977. The number of hydrogen-bond acceptors (Lipinski definition) is 4. The zero-order valence-corrected chi connectivity index (χ0v) is 13.2. The molecule has 0 saturated heterocycles. The molecule has 0 saturated carbocycles. The third-order valence-electron chi connectivity index (χ3n) is 3.58. The van der Waals surface area contributed by atoms with E-state index in [1.54, 1.807) is 6.92 Å². The topological polar surface area (TPSA) is 58.6 Å². The zero-order valence-electron chi connectivity index (χ0n) is 13.2. The summed E-state index contributed by atoms with van der Waals surface area (Å²) in [6, 6.07) is 9.41. The van der Waals surface area contributed by atoms with Gasteiger partial charge in [-0.15, -0.1) is 0 Å². The first-order chi connectivity index (χ1) is 10.6. The lowest BCUT2D eigenvalue weighted by Crippen LogP contribution is -2.43. The highest BCUT2D eigenvalue weighted by Gasteiger charge is 2.36. The summed E-state index contributed by atoms with van der Waals surface area (Å²) in [6.45, 7) is 6.06. The van der Waals surface area contributed by atoms with E-state index in [2.05, 4.69) is 5.43 Å². The fourth-order valence-electron chi connectivity index (χ4n) is 2.69. The van der Waals surface area contributed by atoms with Crippen molar-refractivity contribution in [3.05, 3.63) is 47.2 Å². The number of allylic oxidation sites excluding steroid dienone is 1. The number of carbonyl (C=O) groups excluding carboxylic acids is 2. The van der Waals surface area contributed by atoms with Crippen LogP contribution in [0.25, 0.3) is 0 Å². The largest absolute Gasteiger partial charge is 0.449 e. The first-order valence-electron chi connectivity index (χ1n) is 7.53. The highest BCUT2D eigenvalue weighted by molar-refractivity contribution is 5.74. The van der Waals surface area contributed by atoms with Crippen LogP contribution in [0.5, 0.6) is 0 Å². The predicted molar refractivity (Wildman–Crippen MR) is 83.9 cm³/mol. The van der Waals surface area contributed by atoms with Crippen LogP contribution in [0.2, 0.25) is 0 Å². The number of ether oxygens (including phenoxy) is 1. The Balaban J connectivity index is 2.37. The quantitative estimate of drug-likeness (QED) is 0.850. The lowest BCUT2D eigenvalue weighted by molar-refractivity contribution is -0.109. The molecule has 22 heavy (non-hydrogen) atoms. The van der Waals surface area contributed by atoms with E-state index < -0.39 is 12.1 Å². The third-order valence-corrected chi connectivity index (χ3v) is 3.58. The summed E-state index contributed by atoms with van der Waals surface area (Å²) in [5.41, 5.74) is 5.79. The van der Waals surface area contributed by atoms with Crippen LogP contribution in [0.15, 0.2) is 41.6 Å². The maximum atomic E-state index is 12.1. The fourth-order valence-corrected chi connectivity index (χ4v) is 2.69. The number of aldehydes is 1. The molecule has 1 aliphatic heterocycles. The first-order valence-corrected chi connectivity index (χ1v) is 7.53. The number of hydrazine groups is 1. The summed E-state index contributed by atoms with van der Waals surface area (Å²) in [5, 5.41) is 1.38. The van der Waals surface area contributed by atoms with Crippen molar-refractivity contribution in [2.75, 3.05) is 6.61 Å². The summed E-state index contributed by atoms with van der Waals surface area (Å²) >= 11 is 0. The van der Waals surface area contributed by atoms with Crippen LogP contribution in [0.1, 0.15) is 26.3 Å². The second-order valence-corrected chi connectivity index (χ2v) is 5.50. The van der Waals surface area contributed by atoms with Crippen LogP contribution in [0.3, 0.4) is 0 Å². The van der Waals surface area contributed by atoms with Crippen LogP contribution in [0.4, 0.5) is 4.79 Å². The van der Waals surface area contributed by atoms with E-state index in [1.807, 2.05) is 44.2 Å². The van der Waals surface area contributed by atoms with Gasteiger partial charge in [0.15, 0.2) is 0 Å². The molecule has 1 unspecified atom stereocenters. The van der Waals surface area contributed by atoms with E-state index in [-0.39, 0.29) is 5.92 Å². The average molecular weight is 302 g/mol. The van der Waals surface area contributed by atoms with Gasteiger partial charge in [-0.05, 0) is 30.4 Å². The molecule has 0 bridgehead atoms. The normalized spacial score (nSPS) is 18.0. The SMILES string of the molecule is CCOC(=O)N1NC(C=O)C(Cc2ccccc2)=C1C(C)C. The van der Waals surface area contributed by atoms with E-state index in [4.69, 9.17) is 4.74 Å². The van der Waals surface area contributed by atoms with Gasteiger partial charge in [0.1, 0.15) is 12.3 Å². The smallest absolute Gasteiger partial charge is 0.428 e. The molecule has 1 aliphatic rings. The number of hydrogen-bond donors (Lipinski definition) is 1. The first kappa shape index (κ1) is 16.2. The highest BCUT2D eigenvalue weighted by Crippen LogP contribution is 2.29. The van der Waals surface area contributed by atoms with Gasteiger partial charge in [0.2, 0.25) is 0 Å². The van der Waals surface area contributed by atoms with Crippen molar-refractivity contribution in [3.63, 3.8) is 0 Å². The molecule has 5 heteroatoms. The number of amides is 1. The van der Waals surface area contributed by atoms with Crippen molar-refractivity contribution in [3.8, 4) is 0 Å².